The van der Waals surface area contributed by atoms with Gasteiger partial charge in [-0.1, -0.05) is 45.9 Å². The number of likely N-dealkylation sites (tertiary alicyclic amines) is 1. The minimum Gasteiger partial charge on any atom is -0.337 e. The lowest BCUT2D eigenvalue weighted by Crippen LogP contribution is -2.38. The Morgan fingerprint density at radius 2 is 1.61 bits per heavy atom. The molecule has 0 saturated carbocycles. The summed E-state index contributed by atoms with van der Waals surface area (Å²) in [6.45, 7) is 10.2. The Morgan fingerprint density at radius 3 is 2.21 bits per heavy atom. The van der Waals surface area contributed by atoms with E-state index in [4.69, 9.17) is 0 Å². The number of amides is 2. The van der Waals surface area contributed by atoms with Crippen LogP contribution in [0.5, 0.6) is 0 Å². The van der Waals surface area contributed by atoms with Crippen molar-refractivity contribution in [2.45, 2.75) is 46.0 Å². The quantitative estimate of drug-likeness (QED) is 0.854. The van der Waals surface area contributed by atoms with Crippen LogP contribution < -0.4 is 5.32 Å². The maximum absolute atomic E-state index is 12.7. The second kappa shape index (κ2) is 8.13. The monoisotopic (exact) mass is 379 g/mol. The molecule has 0 atom stereocenters. The highest BCUT2D eigenvalue weighted by Gasteiger charge is 2.23. The van der Waals surface area contributed by atoms with Crippen molar-refractivity contribution in [2.24, 2.45) is 5.92 Å². The second-order valence-corrected chi connectivity index (χ2v) is 8.66. The van der Waals surface area contributed by atoms with Crippen LogP contribution in [0, 0.1) is 5.92 Å². The number of nitrogens with one attached hydrogen (secondary N) is 1. The van der Waals surface area contributed by atoms with Gasteiger partial charge in [0.1, 0.15) is 11.4 Å². The average Bonchev–Trinajstić information content (AvgIpc) is 2.68. The summed E-state index contributed by atoms with van der Waals surface area (Å²) in [4.78, 5) is 31.4. The number of hydrogen-bond acceptors (Lipinski definition) is 3. The maximum Gasteiger partial charge on any atom is 0.274 e. The third-order valence-electron chi connectivity index (χ3n) is 5.28. The minimum atomic E-state index is -0.314. The number of aromatic nitrogens is 1. The van der Waals surface area contributed by atoms with Crippen LogP contribution in [0.1, 0.15) is 67.1 Å². The van der Waals surface area contributed by atoms with E-state index in [0.717, 1.165) is 25.9 Å². The molecule has 2 heterocycles. The summed E-state index contributed by atoms with van der Waals surface area (Å²) in [6.07, 6.45) is 2.02. The van der Waals surface area contributed by atoms with E-state index in [2.05, 4.69) is 38.0 Å². The second-order valence-electron chi connectivity index (χ2n) is 8.66. The van der Waals surface area contributed by atoms with Crippen LogP contribution in [-0.4, -0.2) is 34.8 Å². The van der Waals surface area contributed by atoms with Crippen LogP contribution in [0.4, 0.5) is 5.69 Å². The number of pyridine rings is 1. The fraction of sp³-hybridized carbons (Fsp3) is 0.435. The highest BCUT2D eigenvalue weighted by molar-refractivity contribution is 6.03. The number of hydrogen-bond donors (Lipinski definition) is 1. The molecule has 1 aliphatic rings. The zero-order valence-corrected chi connectivity index (χ0v) is 17.2. The molecule has 1 aromatic heterocycles. The molecule has 0 aliphatic carbocycles. The molecule has 1 aliphatic heterocycles. The van der Waals surface area contributed by atoms with Crippen LogP contribution in [0.2, 0.25) is 0 Å². The Balaban J connectivity index is 1.69. The van der Waals surface area contributed by atoms with Crippen molar-refractivity contribution in [2.75, 3.05) is 18.4 Å². The van der Waals surface area contributed by atoms with E-state index in [0.29, 0.717) is 17.3 Å². The number of benzene rings is 1. The van der Waals surface area contributed by atoms with Gasteiger partial charge in [-0.05, 0) is 54.0 Å². The molecule has 1 N–H and O–H groups in total. The number of nitrogens with zero attached hydrogens (tertiary/aromatic N) is 2. The largest absolute Gasteiger partial charge is 0.337 e. The molecule has 0 spiro atoms. The van der Waals surface area contributed by atoms with E-state index in [1.165, 1.54) is 5.56 Å². The molecule has 1 saturated heterocycles. The molecule has 28 heavy (non-hydrogen) atoms. The Hall–Kier alpha value is -2.69. The normalized spacial score (nSPS) is 15.4. The van der Waals surface area contributed by atoms with Gasteiger partial charge in [-0.25, -0.2) is 4.98 Å². The summed E-state index contributed by atoms with van der Waals surface area (Å²) in [5, 5.41) is 2.86. The van der Waals surface area contributed by atoms with Crippen molar-refractivity contribution in [3.8, 4) is 0 Å². The Bertz CT molecular complexity index is 845. The van der Waals surface area contributed by atoms with Crippen LogP contribution in [0.3, 0.4) is 0 Å². The van der Waals surface area contributed by atoms with E-state index < -0.39 is 0 Å². The summed E-state index contributed by atoms with van der Waals surface area (Å²) in [5.41, 5.74) is 2.54. The first kappa shape index (κ1) is 20.1. The maximum atomic E-state index is 12.7. The molecular weight excluding hydrogens is 350 g/mol. The summed E-state index contributed by atoms with van der Waals surface area (Å²) < 4.78 is 0. The van der Waals surface area contributed by atoms with Crippen LogP contribution in [0.25, 0.3) is 0 Å². The summed E-state index contributed by atoms with van der Waals surface area (Å²) >= 11 is 0. The molecule has 2 aromatic rings. The molecule has 1 aromatic carbocycles. The van der Waals surface area contributed by atoms with Crippen LogP contribution in [0.15, 0.2) is 42.5 Å². The molecule has 0 bridgehead atoms. The molecule has 5 heteroatoms. The molecule has 148 valence electrons. The standard InChI is InChI=1S/C23H29N3O2/c1-16-12-14-26(15-13-16)22(28)20-7-5-6-19(25-20)21(27)24-18-10-8-17(9-11-18)23(2,3)4/h5-11,16H,12-15H2,1-4H3,(H,24,27). The smallest absolute Gasteiger partial charge is 0.274 e. The first-order valence-electron chi connectivity index (χ1n) is 9.92. The topological polar surface area (TPSA) is 62.3 Å². The van der Waals surface area contributed by atoms with Gasteiger partial charge in [-0.3, -0.25) is 9.59 Å². The van der Waals surface area contributed by atoms with Gasteiger partial charge in [-0.15, -0.1) is 0 Å². The number of carbonyl (C=O) groups is 2. The van der Waals surface area contributed by atoms with Gasteiger partial charge in [0, 0.05) is 18.8 Å². The van der Waals surface area contributed by atoms with E-state index in [1.807, 2.05) is 29.2 Å². The van der Waals surface area contributed by atoms with Gasteiger partial charge in [0.15, 0.2) is 0 Å². The summed E-state index contributed by atoms with van der Waals surface area (Å²) in [5.74, 6) is 0.236. The molecular formula is C23H29N3O2. The molecule has 2 amide bonds. The predicted molar refractivity (Wildman–Crippen MR) is 112 cm³/mol. The Kier molecular flexibility index (Phi) is 5.82. The van der Waals surface area contributed by atoms with Gasteiger partial charge in [0.05, 0.1) is 0 Å². The van der Waals surface area contributed by atoms with E-state index in [-0.39, 0.29) is 22.9 Å². The van der Waals surface area contributed by atoms with Crippen molar-refractivity contribution in [3.63, 3.8) is 0 Å². The zero-order valence-electron chi connectivity index (χ0n) is 17.2. The first-order chi connectivity index (χ1) is 13.2. The fourth-order valence-corrected chi connectivity index (χ4v) is 3.30. The van der Waals surface area contributed by atoms with E-state index in [1.54, 1.807) is 18.2 Å². The van der Waals surface area contributed by atoms with Crippen molar-refractivity contribution in [1.29, 1.82) is 0 Å². The van der Waals surface area contributed by atoms with Gasteiger partial charge >= 0.3 is 0 Å². The minimum absolute atomic E-state index is 0.0605. The van der Waals surface area contributed by atoms with Crippen molar-refractivity contribution in [1.82, 2.24) is 9.88 Å². The molecule has 1 fully saturated rings. The third-order valence-corrected chi connectivity index (χ3v) is 5.28. The van der Waals surface area contributed by atoms with Gasteiger partial charge < -0.3 is 10.2 Å². The van der Waals surface area contributed by atoms with E-state index >= 15 is 0 Å². The van der Waals surface area contributed by atoms with Crippen molar-refractivity contribution >= 4 is 17.5 Å². The third kappa shape index (κ3) is 4.77. The highest BCUT2D eigenvalue weighted by atomic mass is 16.2. The lowest BCUT2D eigenvalue weighted by Gasteiger charge is -2.30. The lowest BCUT2D eigenvalue weighted by molar-refractivity contribution is 0.0691. The van der Waals surface area contributed by atoms with E-state index in [9.17, 15) is 9.59 Å². The van der Waals surface area contributed by atoms with Gasteiger partial charge in [-0.2, -0.15) is 0 Å². The SMILES string of the molecule is CC1CCN(C(=O)c2cccc(C(=O)Nc3ccc(C(C)(C)C)cc3)n2)CC1. The Morgan fingerprint density at radius 1 is 1.00 bits per heavy atom. The highest BCUT2D eigenvalue weighted by Crippen LogP contribution is 2.23. The summed E-state index contributed by atoms with van der Waals surface area (Å²) in [6, 6.07) is 12.8. The summed E-state index contributed by atoms with van der Waals surface area (Å²) in [7, 11) is 0. The average molecular weight is 380 g/mol. The zero-order chi connectivity index (χ0) is 20.3. The number of rotatable bonds is 3. The Labute approximate surface area is 167 Å². The lowest BCUT2D eigenvalue weighted by atomic mass is 9.87. The van der Waals surface area contributed by atoms with Crippen LogP contribution >= 0.6 is 0 Å². The molecule has 0 radical (unpaired) electrons. The molecule has 0 unspecified atom stereocenters. The van der Waals surface area contributed by atoms with Gasteiger partial charge in [0.25, 0.3) is 11.8 Å². The van der Waals surface area contributed by atoms with Crippen molar-refractivity contribution < 1.29 is 9.59 Å². The predicted octanol–water partition coefficient (Wildman–Crippen LogP) is 4.50. The molecule has 3 rings (SSSR count). The van der Waals surface area contributed by atoms with Crippen molar-refractivity contribution in [3.05, 3.63) is 59.4 Å². The fourth-order valence-electron chi connectivity index (χ4n) is 3.30. The number of carbonyl (C=O) groups excluding carboxylic acids is 2. The number of piperidine rings is 1. The number of anilines is 1. The molecule has 5 nitrogen and oxygen atoms in total. The first-order valence-corrected chi connectivity index (χ1v) is 9.92. The van der Waals surface area contributed by atoms with Crippen LogP contribution in [-0.2, 0) is 5.41 Å². The van der Waals surface area contributed by atoms with Gasteiger partial charge in [0.2, 0.25) is 0 Å².